The van der Waals surface area contributed by atoms with Gasteiger partial charge in [-0.25, -0.2) is 9.89 Å². The molecule has 2 aromatic rings. The summed E-state index contributed by atoms with van der Waals surface area (Å²) in [5.74, 6) is -0.171. The highest BCUT2D eigenvalue weighted by Crippen LogP contribution is 2.20. The maximum Gasteiger partial charge on any atom is 0.343 e. The monoisotopic (exact) mass is 293 g/mol. The van der Waals surface area contributed by atoms with Gasteiger partial charge in [0.15, 0.2) is 5.16 Å². The van der Waals surface area contributed by atoms with E-state index in [4.69, 9.17) is 5.73 Å². The number of H-pyrrole nitrogens is 1. The molecule has 1 heterocycles. The SMILES string of the molecule is CC(Sc1n[nH]c(=O)n1C)C(=O)Nc1ccc(N)cc1. The van der Waals surface area contributed by atoms with E-state index in [1.54, 1.807) is 38.2 Å². The van der Waals surface area contributed by atoms with Crippen molar-refractivity contribution in [2.24, 2.45) is 7.05 Å². The van der Waals surface area contributed by atoms with Crippen molar-refractivity contribution in [3.05, 3.63) is 34.7 Å². The van der Waals surface area contributed by atoms with Crippen LogP contribution in [0, 0.1) is 0 Å². The topological polar surface area (TPSA) is 106 Å². The van der Waals surface area contributed by atoms with E-state index >= 15 is 0 Å². The average molecular weight is 293 g/mol. The first-order valence-corrected chi connectivity index (χ1v) is 6.80. The van der Waals surface area contributed by atoms with Crippen LogP contribution in [0.25, 0.3) is 0 Å². The summed E-state index contributed by atoms with van der Waals surface area (Å²) in [5.41, 5.74) is 6.58. The number of nitrogens with one attached hydrogen (secondary N) is 2. The molecule has 0 radical (unpaired) electrons. The van der Waals surface area contributed by atoms with E-state index in [2.05, 4.69) is 15.5 Å². The molecule has 0 aliphatic rings. The number of thioether (sulfide) groups is 1. The number of nitrogens with zero attached hydrogens (tertiary/aromatic N) is 2. The van der Waals surface area contributed by atoms with Gasteiger partial charge in [-0.3, -0.25) is 9.36 Å². The Kier molecular flexibility index (Phi) is 4.14. The van der Waals surface area contributed by atoms with Gasteiger partial charge in [0.1, 0.15) is 0 Å². The number of anilines is 2. The summed E-state index contributed by atoms with van der Waals surface area (Å²) in [6.07, 6.45) is 0. The molecule has 0 aliphatic carbocycles. The Morgan fingerprint density at radius 2 is 2.10 bits per heavy atom. The zero-order chi connectivity index (χ0) is 14.7. The first-order valence-electron chi connectivity index (χ1n) is 5.92. The van der Waals surface area contributed by atoms with Crippen molar-refractivity contribution >= 4 is 29.0 Å². The third-order valence-electron chi connectivity index (χ3n) is 2.67. The molecule has 8 heteroatoms. The first kappa shape index (κ1) is 14.2. The smallest absolute Gasteiger partial charge is 0.343 e. The van der Waals surface area contributed by atoms with Crippen LogP contribution in [0.4, 0.5) is 11.4 Å². The number of amides is 1. The van der Waals surface area contributed by atoms with Crippen LogP contribution >= 0.6 is 11.8 Å². The predicted molar refractivity (Wildman–Crippen MR) is 78.6 cm³/mol. The molecule has 1 aromatic heterocycles. The minimum atomic E-state index is -0.388. The van der Waals surface area contributed by atoms with Crippen LogP contribution < -0.4 is 16.7 Å². The van der Waals surface area contributed by atoms with E-state index in [0.717, 1.165) is 0 Å². The molecule has 0 saturated carbocycles. The van der Waals surface area contributed by atoms with Gasteiger partial charge in [0, 0.05) is 18.4 Å². The molecule has 1 atom stereocenters. The van der Waals surface area contributed by atoms with E-state index in [1.807, 2.05) is 0 Å². The Labute approximate surface area is 119 Å². The lowest BCUT2D eigenvalue weighted by molar-refractivity contribution is -0.115. The molecule has 20 heavy (non-hydrogen) atoms. The molecule has 4 N–H and O–H groups in total. The van der Waals surface area contributed by atoms with Gasteiger partial charge in [-0.05, 0) is 31.2 Å². The van der Waals surface area contributed by atoms with Gasteiger partial charge in [-0.2, -0.15) is 0 Å². The number of carbonyl (C=O) groups excluding carboxylic acids is 1. The van der Waals surface area contributed by atoms with Gasteiger partial charge in [-0.15, -0.1) is 5.10 Å². The zero-order valence-electron chi connectivity index (χ0n) is 11.1. The normalized spacial score (nSPS) is 12.1. The predicted octanol–water partition coefficient (Wildman–Crippen LogP) is 0.810. The van der Waals surface area contributed by atoms with Gasteiger partial charge >= 0.3 is 5.69 Å². The average Bonchev–Trinajstić information content (AvgIpc) is 2.73. The minimum absolute atomic E-state index is 0.171. The third-order valence-corrected chi connectivity index (χ3v) is 3.81. The fourth-order valence-corrected chi connectivity index (χ4v) is 2.28. The Balaban J connectivity index is 2.00. The molecule has 2 rings (SSSR count). The van der Waals surface area contributed by atoms with Gasteiger partial charge in [0.05, 0.1) is 5.25 Å². The first-order chi connectivity index (χ1) is 9.47. The molecule has 0 spiro atoms. The fourth-order valence-electron chi connectivity index (χ4n) is 1.46. The summed E-state index contributed by atoms with van der Waals surface area (Å²) < 4.78 is 1.36. The molecule has 1 amide bonds. The lowest BCUT2D eigenvalue weighted by Gasteiger charge is -2.11. The molecule has 1 aromatic carbocycles. The number of hydrogen-bond acceptors (Lipinski definition) is 5. The van der Waals surface area contributed by atoms with Gasteiger partial charge < -0.3 is 11.1 Å². The number of carbonyl (C=O) groups is 1. The molecular weight excluding hydrogens is 278 g/mol. The lowest BCUT2D eigenvalue weighted by Crippen LogP contribution is -2.23. The maximum atomic E-state index is 12.0. The molecule has 1 unspecified atom stereocenters. The van der Waals surface area contributed by atoms with Gasteiger partial charge in [0.25, 0.3) is 0 Å². The van der Waals surface area contributed by atoms with Crippen LogP contribution in [0.3, 0.4) is 0 Å². The molecule has 0 saturated heterocycles. The van der Waals surface area contributed by atoms with E-state index in [-0.39, 0.29) is 16.8 Å². The van der Waals surface area contributed by atoms with Crippen LogP contribution in [0.1, 0.15) is 6.92 Å². The zero-order valence-corrected chi connectivity index (χ0v) is 11.9. The number of aromatic amines is 1. The van der Waals surface area contributed by atoms with Crippen LogP contribution in [-0.4, -0.2) is 25.9 Å². The summed E-state index contributed by atoms with van der Waals surface area (Å²) in [6.45, 7) is 1.75. The molecule has 0 fully saturated rings. The summed E-state index contributed by atoms with van der Waals surface area (Å²) in [4.78, 5) is 23.3. The highest BCUT2D eigenvalue weighted by atomic mass is 32.2. The van der Waals surface area contributed by atoms with E-state index in [9.17, 15) is 9.59 Å². The van der Waals surface area contributed by atoms with Crippen LogP contribution in [0.5, 0.6) is 0 Å². The quantitative estimate of drug-likeness (QED) is 0.571. The van der Waals surface area contributed by atoms with Crippen LogP contribution in [-0.2, 0) is 11.8 Å². The summed E-state index contributed by atoms with van der Waals surface area (Å²) >= 11 is 1.21. The number of rotatable bonds is 4. The van der Waals surface area contributed by atoms with Crippen molar-refractivity contribution in [2.45, 2.75) is 17.3 Å². The molecule has 0 aliphatic heterocycles. The molecule has 0 bridgehead atoms. The largest absolute Gasteiger partial charge is 0.399 e. The highest BCUT2D eigenvalue weighted by Gasteiger charge is 2.17. The highest BCUT2D eigenvalue weighted by molar-refractivity contribution is 8.00. The van der Waals surface area contributed by atoms with E-state index in [1.165, 1.54) is 16.3 Å². The van der Waals surface area contributed by atoms with Crippen molar-refractivity contribution < 1.29 is 4.79 Å². The maximum absolute atomic E-state index is 12.0. The summed E-state index contributed by atoms with van der Waals surface area (Å²) in [6, 6.07) is 6.89. The van der Waals surface area contributed by atoms with E-state index < -0.39 is 0 Å². The van der Waals surface area contributed by atoms with Gasteiger partial charge in [0.2, 0.25) is 5.91 Å². The lowest BCUT2D eigenvalue weighted by atomic mass is 10.3. The van der Waals surface area contributed by atoms with E-state index in [0.29, 0.717) is 16.5 Å². The molecule has 7 nitrogen and oxygen atoms in total. The number of hydrogen-bond donors (Lipinski definition) is 3. The van der Waals surface area contributed by atoms with Crippen LogP contribution in [0.2, 0.25) is 0 Å². The number of nitrogen functional groups attached to an aromatic ring is 1. The van der Waals surface area contributed by atoms with Crippen molar-refractivity contribution in [1.29, 1.82) is 0 Å². The van der Waals surface area contributed by atoms with Gasteiger partial charge in [-0.1, -0.05) is 11.8 Å². The van der Waals surface area contributed by atoms with Crippen LogP contribution in [0.15, 0.2) is 34.2 Å². The Morgan fingerprint density at radius 1 is 1.45 bits per heavy atom. The second-order valence-corrected chi connectivity index (χ2v) is 5.55. The minimum Gasteiger partial charge on any atom is -0.399 e. The van der Waals surface area contributed by atoms with Crippen molar-refractivity contribution in [3.8, 4) is 0 Å². The Morgan fingerprint density at radius 3 is 2.65 bits per heavy atom. The number of nitrogens with two attached hydrogens (primary N) is 1. The summed E-state index contributed by atoms with van der Waals surface area (Å²) in [7, 11) is 1.60. The summed E-state index contributed by atoms with van der Waals surface area (Å²) in [5, 5.41) is 9.03. The molecule has 106 valence electrons. The molecular formula is C12H15N5O2S. The van der Waals surface area contributed by atoms with Crippen molar-refractivity contribution in [2.75, 3.05) is 11.1 Å². The Hall–Kier alpha value is -2.22. The third kappa shape index (κ3) is 3.21. The second kappa shape index (κ2) is 5.83. The van der Waals surface area contributed by atoms with Crippen molar-refractivity contribution in [3.63, 3.8) is 0 Å². The second-order valence-electron chi connectivity index (χ2n) is 4.24. The fraction of sp³-hybridized carbons (Fsp3) is 0.250. The number of benzene rings is 1. The van der Waals surface area contributed by atoms with Crippen molar-refractivity contribution in [1.82, 2.24) is 14.8 Å². The Bertz CT molecular complexity index is 661. The standard InChI is InChI=1S/C12H15N5O2S/c1-7(20-12-16-15-11(19)17(12)2)10(18)14-9-5-3-8(13)4-6-9/h3-7H,13H2,1-2H3,(H,14,18)(H,15,19). The number of aromatic nitrogens is 3.